The van der Waals surface area contributed by atoms with Gasteiger partial charge in [0.15, 0.2) is 6.29 Å². The zero-order valence-corrected chi connectivity index (χ0v) is 7.86. The molecule has 14 heavy (non-hydrogen) atoms. The van der Waals surface area contributed by atoms with Crippen LogP contribution in [0.2, 0.25) is 0 Å². The zero-order valence-electron chi connectivity index (χ0n) is 7.86. The van der Waals surface area contributed by atoms with Crippen molar-refractivity contribution < 1.29 is 9.53 Å². The van der Waals surface area contributed by atoms with Crippen molar-refractivity contribution in [1.29, 1.82) is 0 Å². The minimum absolute atomic E-state index is 0.696. The van der Waals surface area contributed by atoms with Crippen LogP contribution in [-0.2, 0) is 0 Å². The summed E-state index contributed by atoms with van der Waals surface area (Å²) >= 11 is 0. The summed E-state index contributed by atoms with van der Waals surface area (Å²) in [5.74, 6) is 0.770. The molecule has 2 rings (SSSR count). The molecule has 0 aliphatic carbocycles. The maximum Gasteiger partial charge on any atom is 0.150 e. The predicted octanol–water partition coefficient (Wildman–Crippen LogP) is 2.66. The van der Waals surface area contributed by atoms with Gasteiger partial charge in [-0.25, -0.2) is 0 Å². The Balaban J connectivity index is 2.76. The molecule has 0 amide bonds. The van der Waals surface area contributed by atoms with Gasteiger partial charge in [0.25, 0.3) is 0 Å². The van der Waals surface area contributed by atoms with Gasteiger partial charge in [0, 0.05) is 5.56 Å². The second-order valence-corrected chi connectivity index (χ2v) is 3.05. The van der Waals surface area contributed by atoms with Gasteiger partial charge in [-0.15, -0.1) is 0 Å². The summed E-state index contributed by atoms with van der Waals surface area (Å²) in [4.78, 5) is 10.8. The van der Waals surface area contributed by atoms with Gasteiger partial charge >= 0.3 is 0 Å². The van der Waals surface area contributed by atoms with E-state index >= 15 is 0 Å². The monoisotopic (exact) mass is 186 g/mol. The minimum Gasteiger partial charge on any atom is -0.497 e. The predicted molar refractivity (Wildman–Crippen MR) is 55.9 cm³/mol. The van der Waals surface area contributed by atoms with Gasteiger partial charge in [0.05, 0.1) is 7.11 Å². The second kappa shape index (κ2) is 3.50. The third-order valence-corrected chi connectivity index (χ3v) is 2.25. The molecule has 0 spiro atoms. The zero-order chi connectivity index (χ0) is 9.97. The molecule has 2 heteroatoms. The highest BCUT2D eigenvalue weighted by Crippen LogP contribution is 2.22. The molecule has 0 saturated heterocycles. The number of fused-ring (bicyclic) bond motifs is 1. The lowest BCUT2D eigenvalue weighted by molar-refractivity contribution is 0.112. The lowest BCUT2D eigenvalue weighted by Gasteiger charge is -2.03. The highest BCUT2D eigenvalue weighted by atomic mass is 16.5. The van der Waals surface area contributed by atoms with Crippen LogP contribution in [0.5, 0.6) is 5.75 Å². The standard InChI is InChI=1S/C12H10O2/c1-14-11-6-5-9-3-2-4-10(8-13)12(9)7-11/h2-8H,1H3. The van der Waals surface area contributed by atoms with Crippen LogP contribution in [0.4, 0.5) is 0 Å². The molecule has 0 heterocycles. The van der Waals surface area contributed by atoms with Crippen LogP contribution in [0.3, 0.4) is 0 Å². The first-order valence-corrected chi connectivity index (χ1v) is 4.37. The molecule has 2 aromatic rings. The number of ether oxygens (including phenoxy) is 1. The summed E-state index contributed by atoms with van der Waals surface area (Å²) in [6.07, 6.45) is 0.863. The van der Waals surface area contributed by atoms with E-state index < -0.39 is 0 Å². The van der Waals surface area contributed by atoms with Crippen LogP contribution in [0.25, 0.3) is 10.8 Å². The Morgan fingerprint density at radius 2 is 2.07 bits per heavy atom. The van der Waals surface area contributed by atoms with Crippen molar-refractivity contribution >= 4 is 17.1 Å². The highest BCUT2D eigenvalue weighted by Gasteiger charge is 2.00. The lowest BCUT2D eigenvalue weighted by atomic mass is 10.1. The Labute approximate surface area is 82.1 Å². The SMILES string of the molecule is COc1ccc2cccc(C=O)c2c1. The van der Waals surface area contributed by atoms with E-state index in [1.54, 1.807) is 13.2 Å². The maximum atomic E-state index is 10.8. The van der Waals surface area contributed by atoms with E-state index in [2.05, 4.69) is 0 Å². The van der Waals surface area contributed by atoms with E-state index in [9.17, 15) is 4.79 Å². The van der Waals surface area contributed by atoms with Crippen LogP contribution in [0.15, 0.2) is 36.4 Å². The number of benzene rings is 2. The Hall–Kier alpha value is -1.83. The van der Waals surface area contributed by atoms with Crippen LogP contribution >= 0.6 is 0 Å². The fourth-order valence-electron chi connectivity index (χ4n) is 1.51. The van der Waals surface area contributed by atoms with E-state index in [4.69, 9.17) is 4.74 Å². The van der Waals surface area contributed by atoms with Crippen LogP contribution < -0.4 is 4.74 Å². The summed E-state index contributed by atoms with van der Waals surface area (Å²) in [5.41, 5.74) is 0.696. The van der Waals surface area contributed by atoms with Crippen LogP contribution in [0, 0.1) is 0 Å². The minimum atomic E-state index is 0.696. The molecule has 0 aliphatic heterocycles. The van der Waals surface area contributed by atoms with Crippen molar-refractivity contribution in [2.75, 3.05) is 7.11 Å². The first-order valence-electron chi connectivity index (χ1n) is 4.37. The summed E-state index contributed by atoms with van der Waals surface area (Å²) in [6, 6.07) is 11.4. The van der Waals surface area contributed by atoms with Gasteiger partial charge in [-0.05, 0) is 22.9 Å². The fraction of sp³-hybridized carbons (Fsp3) is 0.0833. The third-order valence-electron chi connectivity index (χ3n) is 2.25. The van der Waals surface area contributed by atoms with Crippen molar-refractivity contribution in [1.82, 2.24) is 0 Å². The van der Waals surface area contributed by atoms with Gasteiger partial charge in [-0.1, -0.05) is 24.3 Å². The van der Waals surface area contributed by atoms with Crippen molar-refractivity contribution in [3.05, 3.63) is 42.0 Å². The number of aldehydes is 1. The molecule has 0 aliphatic rings. The molecule has 0 saturated carbocycles. The Kier molecular flexibility index (Phi) is 2.19. The van der Waals surface area contributed by atoms with Gasteiger partial charge in [0.1, 0.15) is 5.75 Å². The number of rotatable bonds is 2. The number of methoxy groups -OCH3 is 1. The average molecular weight is 186 g/mol. The molecule has 0 atom stereocenters. The van der Waals surface area contributed by atoms with E-state index in [0.717, 1.165) is 22.8 Å². The summed E-state index contributed by atoms with van der Waals surface area (Å²) in [7, 11) is 1.62. The van der Waals surface area contributed by atoms with Gasteiger partial charge in [-0.3, -0.25) is 4.79 Å². The van der Waals surface area contributed by atoms with Crippen molar-refractivity contribution in [2.24, 2.45) is 0 Å². The molecule has 0 N–H and O–H groups in total. The molecule has 0 fully saturated rings. The molecule has 2 nitrogen and oxygen atoms in total. The first kappa shape index (κ1) is 8.75. The lowest BCUT2D eigenvalue weighted by Crippen LogP contribution is -1.86. The smallest absolute Gasteiger partial charge is 0.150 e. The van der Waals surface area contributed by atoms with Gasteiger partial charge in [-0.2, -0.15) is 0 Å². The molecule has 0 unspecified atom stereocenters. The Morgan fingerprint density at radius 3 is 2.79 bits per heavy atom. The van der Waals surface area contributed by atoms with Crippen LogP contribution in [-0.4, -0.2) is 13.4 Å². The second-order valence-electron chi connectivity index (χ2n) is 3.05. The summed E-state index contributed by atoms with van der Waals surface area (Å²) < 4.78 is 5.11. The number of hydrogen-bond acceptors (Lipinski definition) is 2. The highest BCUT2D eigenvalue weighted by molar-refractivity contribution is 5.98. The quantitative estimate of drug-likeness (QED) is 0.674. The van der Waals surface area contributed by atoms with E-state index in [1.807, 2.05) is 30.3 Å². The molecule has 0 radical (unpaired) electrons. The first-order chi connectivity index (χ1) is 6.85. The Bertz CT molecular complexity index is 475. The van der Waals surface area contributed by atoms with E-state index in [1.165, 1.54) is 0 Å². The number of carbonyl (C=O) groups excluding carboxylic acids is 1. The van der Waals surface area contributed by atoms with Gasteiger partial charge in [0.2, 0.25) is 0 Å². The van der Waals surface area contributed by atoms with Gasteiger partial charge < -0.3 is 4.74 Å². The van der Waals surface area contributed by atoms with Crippen molar-refractivity contribution in [2.45, 2.75) is 0 Å². The average Bonchev–Trinajstić information content (AvgIpc) is 2.27. The van der Waals surface area contributed by atoms with Crippen molar-refractivity contribution in [3.63, 3.8) is 0 Å². The molecular formula is C12H10O2. The molecule has 0 aromatic heterocycles. The molecular weight excluding hydrogens is 176 g/mol. The van der Waals surface area contributed by atoms with E-state index in [0.29, 0.717) is 5.56 Å². The maximum absolute atomic E-state index is 10.8. The summed E-state index contributed by atoms with van der Waals surface area (Å²) in [5, 5.41) is 1.98. The Morgan fingerprint density at radius 1 is 1.21 bits per heavy atom. The molecule has 2 aromatic carbocycles. The van der Waals surface area contributed by atoms with Crippen LogP contribution in [0.1, 0.15) is 10.4 Å². The van der Waals surface area contributed by atoms with Crippen molar-refractivity contribution in [3.8, 4) is 5.75 Å². The topological polar surface area (TPSA) is 26.3 Å². The summed E-state index contributed by atoms with van der Waals surface area (Å²) in [6.45, 7) is 0. The molecule has 70 valence electrons. The number of hydrogen-bond donors (Lipinski definition) is 0. The largest absolute Gasteiger partial charge is 0.497 e. The fourth-order valence-corrected chi connectivity index (χ4v) is 1.51. The number of carbonyl (C=O) groups is 1. The molecule has 0 bridgehead atoms. The third kappa shape index (κ3) is 1.35. The van der Waals surface area contributed by atoms with E-state index in [-0.39, 0.29) is 0 Å². The normalized spacial score (nSPS) is 10.1.